The second kappa shape index (κ2) is 25.5. The van der Waals surface area contributed by atoms with Crippen molar-refractivity contribution >= 4 is 59.5 Å². The van der Waals surface area contributed by atoms with Crippen LogP contribution in [0.15, 0.2) is 94.4 Å². The first kappa shape index (κ1) is 60.5. The van der Waals surface area contributed by atoms with E-state index >= 15 is 0 Å². The number of quaternary nitrogens is 1. The maximum Gasteiger partial charge on any atom is 1.00 e. The van der Waals surface area contributed by atoms with Gasteiger partial charge >= 0.3 is 94.6 Å². The number of amides is 2. The number of nitrogens with one attached hydrogen (secondary N) is 1. The molecule has 3 heterocycles. The van der Waals surface area contributed by atoms with Crippen molar-refractivity contribution in [3.63, 3.8) is 0 Å². The van der Waals surface area contributed by atoms with E-state index in [1.807, 2.05) is 30.9 Å². The van der Waals surface area contributed by atoms with E-state index in [2.05, 4.69) is 0 Å². The third-order valence-electron chi connectivity index (χ3n) is 11.8. The van der Waals surface area contributed by atoms with E-state index in [-0.39, 0.29) is 151 Å². The average Bonchev–Trinajstić information content (AvgIpc) is 3.73. The SMILES string of the molecule is COCC[NH+]1c2ccc(S(=O)(=O)O)cc2C(C)(CCCS(=O)(=O)O)C1/C=C/C=C/C=C/C=C1/N(CCCC(=O)ON2C(=O)CCC2=O)c2ccc(S(=O)(=O)[O-])cc2C1(C)CCOC.[Na+].[Na+].[Na+]. The van der Waals surface area contributed by atoms with Crippen molar-refractivity contribution in [3.8, 4) is 0 Å². The zero-order valence-electron chi connectivity index (χ0n) is 38.4. The third kappa shape index (κ3) is 14.7. The summed E-state index contributed by atoms with van der Waals surface area (Å²) in [5.74, 6) is -2.47. The number of hydrogen-bond donors (Lipinski definition) is 3. The number of hydrogen-bond acceptors (Lipinski definition) is 14. The van der Waals surface area contributed by atoms with Gasteiger partial charge in [0, 0.05) is 75.1 Å². The normalized spacial score (nSPS) is 22.5. The van der Waals surface area contributed by atoms with Gasteiger partial charge in [0.15, 0.2) is 0 Å². The molecule has 0 bridgehead atoms. The van der Waals surface area contributed by atoms with Gasteiger partial charge in [0.1, 0.15) is 28.4 Å². The molecule has 4 unspecified atom stereocenters. The van der Waals surface area contributed by atoms with E-state index < -0.39 is 69.6 Å². The van der Waals surface area contributed by atoms with Gasteiger partial charge in [-0.1, -0.05) is 30.4 Å². The van der Waals surface area contributed by atoms with Crippen LogP contribution in [0.25, 0.3) is 0 Å². The fourth-order valence-corrected chi connectivity index (χ4v) is 10.1. The van der Waals surface area contributed by atoms with Crippen LogP contribution in [0.3, 0.4) is 0 Å². The minimum atomic E-state index is -4.81. The first-order valence-electron chi connectivity index (χ1n) is 20.1. The van der Waals surface area contributed by atoms with E-state index in [0.717, 1.165) is 10.6 Å². The molecule has 24 heteroatoms. The number of rotatable bonds is 21. The van der Waals surface area contributed by atoms with Gasteiger partial charge in [0.25, 0.3) is 32.1 Å². The summed E-state index contributed by atoms with van der Waals surface area (Å²) in [5, 5.41) is 0.485. The summed E-state index contributed by atoms with van der Waals surface area (Å²) in [5.41, 5.74) is 1.54. The quantitative estimate of drug-likeness (QED) is 0.0456. The van der Waals surface area contributed by atoms with E-state index in [4.69, 9.17) is 14.3 Å². The Bertz CT molecular complexity index is 2540. The number of carbonyl (C=O) groups is 3. The minimum Gasteiger partial charge on any atom is -0.744 e. The molecule has 1 saturated heterocycles. The predicted octanol–water partition coefficient (Wildman–Crippen LogP) is -5.93. The van der Waals surface area contributed by atoms with Crippen molar-refractivity contribution < 1.29 is 161 Å². The molecule has 5 rings (SSSR count). The number of allylic oxidation sites excluding steroid dienone is 7. The Morgan fingerprint density at radius 3 is 2.05 bits per heavy atom. The number of methoxy groups -OCH3 is 2. The van der Waals surface area contributed by atoms with Gasteiger partial charge in [-0.05, 0) is 87.6 Å². The van der Waals surface area contributed by atoms with Crippen molar-refractivity contribution in [1.82, 2.24) is 5.06 Å². The fraction of sp³-hybridized carbons (Fsp3) is 0.452. The zero-order chi connectivity index (χ0) is 46.4. The Balaban J connectivity index is 0.00000499. The van der Waals surface area contributed by atoms with Crippen LogP contribution in [0.4, 0.5) is 11.4 Å². The van der Waals surface area contributed by atoms with Crippen molar-refractivity contribution in [2.24, 2.45) is 0 Å². The number of anilines is 1. The molecule has 344 valence electrons. The zero-order valence-corrected chi connectivity index (χ0v) is 46.8. The fourth-order valence-electron chi connectivity index (χ4n) is 8.60. The Morgan fingerprint density at radius 2 is 1.44 bits per heavy atom. The molecule has 0 aliphatic carbocycles. The third-order valence-corrected chi connectivity index (χ3v) is 14.2. The standard InChI is InChI=1S/C42H53N3O15S3.3Na/c1-41(21-11-27-61(49,50)51)32-28-30(62(52,53)54)16-18-35(32)44(24-26-59-4)36(41)12-8-6-5-7-9-13-37-42(2,22-25-58-3)33-29-31(63(55,56)57)15-17-34(33)43(37)23-10-14-40(48)60-45-38(46)19-20-39(45)47;;;/h5-9,12-13,15-18,28-29,36H,10-11,14,19-27H2,1-4H3,(H,49,50,51)(H,52,53,54)(H,55,56,57);;;/q;3*+1/b6-5+,9-7+,12-8+,37-13+;;;. The topological polar surface area (TPSA) is 256 Å². The van der Waals surface area contributed by atoms with Gasteiger partial charge in [-0.3, -0.25) is 23.6 Å². The van der Waals surface area contributed by atoms with Crippen LogP contribution in [0.2, 0.25) is 0 Å². The molecule has 2 aromatic rings. The molecule has 0 aromatic heterocycles. The molecule has 3 N–H and O–H groups in total. The Hall–Kier alpha value is -1.58. The molecule has 18 nitrogen and oxygen atoms in total. The number of nitrogens with zero attached hydrogens (tertiary/aromatic N) is 2. The van der Waals surface area contributed by atoms with Gasteiger partial charge in [-0.2, -0.15) is 16.8 Å². The number of imide groups is 1. The molecule has 1 fully saturated rings. The Kier molecular flexibility index (Phi) is 23.4. The smallest absolute Gasteiger partial charge is 0.744 e. The number of hydroxylamine groups is 2. The molecule has 2 aromatic carbocycles. The van der Waals surface area contributed by atoms with Crippen molar-refractivity contribution in [2.45, 2.75) is 85.5 Å². The van der Waals surface area contributed by atoms with Crippen molar-refractivity contribution in [3.05, 3.63) is 95.8 Å². The first-order chi connectivity index (χ1) is 29.5. The van der Waals surface area contributed by atoms with Gasteiger partial charge < -0.3 is 23.8 Å². The van der Waals surface area contributed by atoms with Crippen LogP contribution in [-0.4, -0.2) is 114 Å². The summed E-state index contributed by atoms with van der Waals surface area (Å²) in [4.78, 5) is 43.8. The number of benzene rings is 2. The summed E-state index contributed by atoms with van der Waals surface area (Å²) in [7, 11) is -10.6. The van der Waals surface area contributed by atoms with Crippen molar-refractivity contribution in [2.75, 3.05) is 51.2 Å². The number of fused-ring (bicyclic) bond motifs is 2. The molecule has 0 spiro atoms. The second-order valence-electron chi connectivity index (χ2n) is 16.0. The summed E-state index contributed by atoms with van der Waals surface area (Å²) >= 11 is 0. The van der Waals surface area contributed by atoms with Crippen LogP contribution in [0.1, 0.15) is 69.9 Å². The maximum absolute atomic E-state index is 12.7. The van der Waals surface area contributed by atoms with E-state index in [1.54, 1.807) is 49.6 Å². The van der Waals surface area contributed by atoms with E-state index in [0.29, 0.717) is 47.1 Å². The molecule has 2 amide bonds. The molecule has 3 aliphatic heterocycles. The maximum atomic E-state index is 12.7. The largest absolute Gasteiger partial charge is 1.00 e. The number of ether oxygens (including phenoxy) is 2. The van der Waals surface area contributed by atoms with Crippen LogP contribution in [-0.2, 0) is 69.9 Å². The van der Waals surface area contributed by atoms with Crippen LogP contribution in [0, 0.1) is 0 Å². The number of carbonyl (C=O) groups excluding carboxylic acids is 3. The van der Waals surface area contributed by atoms with E-state index in [1.165, 1.54) is 31.4 Å². The van der Waals surface area contributed by atoms with Crippen LogP contribution < -0.4 is 98.5 Å². The summed E-state index contributed by atoms with van der Waals surface area (Å²) in [6, 6.07) is 8.11. The van der Waals surface area contributed by atoms with Crippen LogP contribution in [0.5, 0.6) is 0 Å². The molecule has 3 aliphatic rings. The van der Waals surface area contributed by atoms with Crippen molar-refractivity contribution in [1.29, 1.82) is 0 Å². The molecule has 66 heavy (non-hydrogen) atoms. The van der Waals surface area contributed by atoms with E-state index in [9.17, 15) is 53.3 Å². The minimum absolute atomic E-state index is 0. The first-order valence-corrected chi connectivity index (χ1v) is 24.6. The van der Waals surface area contributed by atoms with Gasteiger partial charge in [0.05, 0.1) is 27.6 Å². The molecular weight excluding hydrogens is 952 g/mol. The summed E-state index contributed by atoms with van der Waals surface area (Å²) < 4.78 is 114. The molecule has 4 atom stereocenters. The molecule has 0 radical (unpaired) electrons. The van der Waals surface area contributed by atoms with Gasteiger partial charge in [0.2, 0.25) is 0 Å². The molecule has 0 saturated carbocycles. The Morgan fingerprint density at radius 1 is 0.833 bits per heavy atom. The monoisotopic (exact) mass is 1000 g/mol. The summed E-state index contributed by atoms with van der Waals surface area (Å²) in [6.07, 6.45) is 13.3. The van der Waals surface area contributed by atoms with Gasteiger partial charge in [-0.25, -0.2) is 13.2 Å². The second-order valence-corrected chi connectivity index (χ2v) is 20.3. The average molecular weight is 1010 g/mol. The van der Waals surface area contributed by atoms with Crippen LogP contribution >= 0.6 is 0 Å². The predicted molar refractivity (Wildman–Crippen MR) is 228 cm³/mol. The Labute approximate surface area is 453 Å². The van der Waals surface area contributed by atoms with Gasteiger partial charge in [-0.15, -0.1) is 5.06 Å². The molecular formula is C42H53N3Na3O15S3+3. The summed E-state index contributed by atoms with van der Waals surface area (Å²) in [6.45, 7) is 5.09.